The van der Waals surface area contributed by atoms with E-state index in [2.05, 4.69) is 37.3 Å². The fraction of sp³-hybridized carbons (Fsp3) is 0.172. The molecule has 5 nitrogen and oxygen atoms in total. The minimum absolute atomic E-state index is 0.510. The third-order valence-electron chi connectivity index (χ3n) is 5.36. The summed E-state index contributed by atoms with van der Waals surface area (Å²) in [6.45, 7) is 6.97. The number of allylic oxidation sites excluding steroid dienone is 1. The number of rotatable bonds is 8. The van der Waals surface area contributed by atoms with Crippen LogP contribution in [-0.2, 0) is 0 Å². The predicted octanol–water partition coefficient (Wildman–Crippen LogP) is 6.71. The average Bonchev–Trinajstić information content (AvgIpc) is 3.29. The molecular weight excluding hydrogens is 422 g/mol. The number of hydrogen-bond donors (Lipinski definition) is 0. The molecule has 0 atom stereocenters. The van der Waals surface area contributed by atoms with E-state index in [4.69, 9.17) is 14.6 Å². The number of hydrogen-bond acceptors (Lipinski definition) is 4. The lowest BCUT2D eigenvalue weighted by Crippen LogP contribution is -1.99. The quantitative estimate of drug-likeness (QED) is 0.281. The van der Waals surface area contributed by atoms with E-state index in [9.17, 15) is 5.26 Å². The summed E-state index contributed by atoms with van der Waals surface area (Å²) in [6, 6.07) is 26.1. The van der Waals surface area contributed by atoms with Crippen LogP contribution in [0.2, 0.25) is 0 Å². The van der Waals surface area contributed by atoms with Crippen LogP contribution in [0.1, 0.15) is 30.5 Å². The molecule has 4 rings (SSSR count). The molecule has 0 saturated carbocycles. The Bertz CT molecular complexity index is 1330. The summed E-state index contributed by atoms with van der Waals surface area (Å²) in [6.07, 6.45) is 3.84. The molecule has 3 aromatic carbocycles. The Labute approximate surface area is 200 Å². The summed E-state index contributed by atoms with van der Waals surface area (Å²) >= 11 is 0. The summed E-state index contributed by atoms with van der Waals surface area (Å²) in [7, 11) is 0. The first kappa shape index (κ1) is 22.9. The molecule has 5 heteroatoms. The number of benzene rings is 3. The van der Waals surface area contributed by atoms with E-state index in [-0.39, 0.29) is 0 Å². The lowest BCUT2D eigenvalue weighted by atomic mass is 10.0. The molecule has 1 heterocycles. The second-order valence-corrected chi connectivity index (χ2v) is 7.78. The van der Waals surface area contributed by atoms with E-state index in [1.807, 2.05) is 79.3 Å². The molecule has 0 fully saturated rings. The van der Waals surface area contributed by atoms with Crippen LogP contribution in [0.5, 0.6) is 11.5 Å². The van der Waals surface area contributed by atoms with Crippen molar-refractivity contribution >= 4 is 11.6 Å². The summed E-state index contributed by atoms with van der Waals surface area (Å²) in [4.78, 5) is 0. The first-order valence-corrected chi connectivity index (χ1v) is 11.4. The van der Waals surface area contributed by atoms with Gasteiger partial charge in [-0.2, -0.15) is 10.4 Å². The van der Waals surface area contributed by atoms with Crippen LogP contribution in [0.4, 0.5) is 0 Å². The van der Waals surface area contributed by atoms with Gasteiger partial charge in [-0.1, -0.05) is 48.0 Å². The van der Waals surface area contributed by atoms with E-state index in [0.717, 1.165) is 28.1 Å². The zero-order valence-corrected chi connectivity index (χ0v) is 19.7. The van der Waals surface area contributed by atoms with Crippen molar-refractivity contribution in [2.75, 3.05) is 13.2 Å². The van der Waals surface area contributed by atoms with Gasteiger partial charge >= 0.3 is 0 Å². The predicted molar refractivity (Wildman–Crippen MR) is 136 cm³/mol. The second-order valence-electron chi connectivity index (χ2n) is 7.78. The highest BCUT2D eigenvalue weighted by Crippen LogP contribution is 2.33. The number of aryl methyl sites for hydroxylation is 1. The number of nitriles is 1. The molecular formula is C29H27N3O2. The van der Waals surface area contributed by atoms with Gasteiger partial charge in [-0.25, -0.2) is 4.68 Å². The highest BCUT2D eigenvalue weighted by molar-refractivity contribution is 5.92. The Morgan fingerprint density at radius 1 is 0.941 bits per heavy atom. The standard InChI is InChI=1S/C29H27N3O2/c1-4-33-27-16-15-23(18-28(27)34-5-2)24(19-30)17-25-20-32(26-9-7-6-8-10-26)31-29(25)22-13-11-21(3)12-14-22/h6-18,20H,4-5H2,1-3H3. The third-order valence-corrected chi connectivity index (χ3v) is 5.36. The lowest BCUT2D eigenvalue weighted by molar-refractivity contribution is 0.287. The maximum absolute atomic E-state index is 10.0. The van der Waals surface area contributed by atoms with Crippen LogP contribution in [0.15, 0.2) is 79.0 Å². The van der Waals surface area contributed by atoms with Gasteiger partial charge in [-0.05, 0) is 62.7 Å². The molecule has 0 unspecified atom stereocenters. The van der Waals surface area contributed by atoms with Gasteiger partial charge in [0, 0.05) is 17.3 Å². The molecule has 0 radical (unpaired) electrons. The number of ether oxygens (including phenoxy) is 2. The van der Waals surface area contributed by atoms with Crippen molar-refractivity contribution in [1.29, 1.82) is 5.26 Å². The molecule has 0 N–H and O–H groups in total. The minimum Gasteiger partial charge on any atom is -0.490 e. The van der Waals surface area contributed by atoms with Gasteiger partial charge in [-0.15, -0.1) is 0 Å². The van der Waals surface area contributed by atoms with E-state index in [1.54, 1.807) is 0 Å². The Morgan fingerprint density at radius 2 is 1.65 bits per heavy atom. The van der Waals surface area contributed by atoms with E-state index < -0.39 is 0 Å². The summed E-state index contributed by atoms with van der Waals surface area (Å²) in [5.74, 6) is 1.30. The van der Waals surface area contributed by atoms with Crippen molar-refractivity contribution in [2.45, 2.75) is 20.8 Å². The topological polar surface area (TPSA) is 60.1 Å². The van der Waals surface area contributed by atoms with Gasteiger partial charge in [0.05, 0.1) is 36.2 Å². The fourth-order valence-corrected chi connectivity index (χ4v) is 3.70. The summed E-state index contributed by atoms with van der Waals surface area (Å²) < 4.78 is 13.3. The zero-order valence-electron chi connectivity index (χ0n) is 19.7. The summed E-state index contributed by atoms with van der Waals surface area (Å²) in [5.41, 5.74) is 6.07. The second kappa shape index (κ2) is 10.5. The number of para-hydroxylation sites is 1. The highest BCUT2D eigenvalue weighted by atomic mass is 16.5. The molecule has 34 heavy (non-hydrogen) atoms. The van der Waals surface area contributed by atoms with Crippen LogP contribution < -0.4 is 9.47 Å². The molecule has 0 spiro atoms. The maximum Gasteiger partial charge on any atom is 0.161 e. The Balaban J connectivity index is 1.83. The van der Waals surface area contributed by atoms with E-state index >= 15 is 0 Å². The van der Waals surface area contributed by atoms with Gasteiger partial charge in [0.1, 0.15) is 0 Å². The molecule has 0 aliphatic heterocycles. The minimum atomic E-state index is 0.510. The van der Waals surface area contributed by atoms with E-state index in [0.29, 0.717) is 30.3 Å². The smallest absolute Gasteiger partial charge is 0.161 e. The molecule has 0 saturated heterocycles. The molecule has 170 valence electrons. The average molecular weight is 450 g/mol. The molecule has 0 aliphatic rings. The van der Waals surface area contributed by atoms with Crippen LogP contribution in [-0.4, -0.2) is 23.0 Å². The van der Waals surface area contributed by atoms with Gasteiger partial charge < -0.3 is 9.47 Å². The zero-order chi connectivity index (χ0) is 23.9. The monoisotopic (exact) mass is 449 g/mol. The van der Waals surface area contributed by atoms with Crippen LogP contribution in [0.3, 0.4) is 0 Å². The molecule has 1 aromatic heterocycles. The van der Waals surface area contributed by atoms with Crippen LogP contribution >= 0.6 is 0 Å². The normalized spacial score (nSPS) is 11.2. The SMILES string of the molecule is CCOc1ccc(C(C#N)=Cc2cn(-c3ccccc3)nc2-c2ccc(C)cc2)cc1OCC. The van der Waals surface area contributed by atoms with Crippen molar-refractivity contribution in [3.8, 4) is 34.5 Å². The molecule has 4 aromatic rings. The Morgan fingerprint density at radius 3 is 2.32 bits per heavy atom. The van der Waals surface area contributed by atoms with Crippen molar-refractivity contribution in [2.24, 2.45) is 0 Å². The van der Waals surface area contributed by atoms with Crippen molar-refractivity contribution in [3.05, 3.63) is 95.7 Å². The first-order valence-electron chi connectivity index (χ1n) is 11.4. The van der Waals surface area contributed by atoms with Crippen molar-refractivity contribution < 1.29 is 9.47 Å². The highest BCUT2D eigenvalue weighted by Gasteiger charge is 2.14. The third kappa shape index (κ3) is 5.02. The van der Waals surface area contributed by atoms with E-state index in [1.165, 1.54) is 5.56 Å². The first-order chi connectivity index (χ1) is 16.6. The van der Waals surface area contributed by atoms with Gasteiger partial charge in [0.25, 0.3) is 0 Å². The van der Waals surface area contributed by atoms with Crippen LogP contribution in [0, 0.1) is 18.3 Å². The van der Waals surface area contributed by atoms with Gasteiger partial charge in [0.2, 0.25) is 0 Å². The molecule has 0 aliphatic carbocycles. The van der Waals surface area contributed by atoms with Crippen molar-refractivity contribution in [3.63, 3.8) is 0 Å². The van der Waals surface area contributed by atoms with Gasteiger partial charge in [0.15, 0.2) is 11.5 Å². The number of aromatic nitrogens is 2. The Kier molecular flexibility index (Phi) is 7.10. The van der Waals surface area contributed by atoms with Gasteiger partial charge in [-0.3, -0.25) is 0 Å². The molecule has 0 amide bonds. The number of nitrogens with zero attached hydrogens (tertiary/aromatic N) is 3. The fourth-order valence-electron chi connectivity index (χ4n) is 3.70. The summed E-state index contributed by atoms with van der Waals surface area (Å²) in [5, 5.41) is 14.9. The van der Waals surface area contributed by atoms with Crippen molar-refractivity contribution in [1.82, 2.24) is 9.78 Å². The molecule has 0 bridgehead atoms. The lowest BCUT2D eigenvalue weighted by Gasteiger charge is -2.12. The van der Waals surface area contributed by atoms with Crippen LogP contribution in [0.25, 0.3) is 28.6 Å². The largest absolute Gasteiger partial charge is 0.490 e. The maximum atomic E-state index is 10.0. The Hall–Kier alpha value is -4.30.